The molecule has 4 nitrogen and oxygen atoms in total. The molecule has 1 aliphatic heterocycles. The van der Waals surface area contributed by atoms with E-state index in [9.17, 15) is 28.2 Å². The number of hydrogen-bond acceptors (Lipinski definition) is 4. The number of fused-ring (bicyclic) bond motifs is 1. The SMILES string of the molecule is O=C1/C(=C\c2ccccc2C(F)(F)F)Oc2c1ccc(O)c2O. The zero-order valence-corrected chi connectivity index (χ0v) is 11.4. The van der Waals surface area contributed by atoms with E-state index in [4.69, 9.17) is 4.74 Å². The molecule has 0 aromatic heterocycles. The minimum atomic E-state index is -4.58. The van der Waals surface area contributed by atoms with E-state index < -0.39 is 29.0 Å². The molecule has 23 heavy (non-hydrogen) atoms. The van der Waals surface area contributed by atoms with Gasteiger partial charge < -0.3 is 14.9 Å². The second-order valence-electron chi connectivity index (χ2n) is 4.83. The number of ether oxygens (including phenoxy) is 1. The first-order chi connectivity index (χ1) is 10.8. The Labute approximate surface area is 128 Å². The van der Waals surface area contributed by atoms with E-state index in [1.807, 2.05) is 0 Å². The van der Waals surface area contributed by atoms with Crippen molar-refractivity contribution < 1.29 is 32.9 Å². The second-order valence-corrected chi connectivity index (χ2v) is 4.83. The van der Waals surface area contributed by atoms with Gasteiger partial charge in [0.2, 0.25) is 11.5 Å². The quantitative estimate of drug-likeness (QED) is 0.620. The predicted molar refractivity (Wildman–Crippen MR) is 74.2 cm³/mol. The fourth-order valence-corrected chi connectivity index (χ4v) is 2.25. The van der Waals surface area contributed by atoms with Crippen LogP contribution in [-0.2, 0) is 6.18 Å². The molecule has 0 spiro atoms. The van der Waals surface area contributed by atoms with E-state index in [1.54, 1.807) is 0 Å². The van der Waals surface area contributed by atoms with Crippen molar-refractivity contribution in [1.82, 2.24) is 0 Å². The summed E-state index contributed by atoms with van der Waals surface area (Å²) in [4.78, 5) is 12.2. The number of rotatable bonds is 1. The van der Waals surface area contributed by atoms with Crippen LogP contribution in [-0.4, -0.2) is 16.0 Å². The molecule has 1 aliphatic rings. The van der Waals surface area contributed by atoms with Crippen LogP contribution in [0, 0.1) is 0 Å². The van der Waals surface area contributed by atoms with E-state index in [2.05, 4.69) is 0 Å². The lowest BCUT2D eigenvalue weighted by molar-refractivity contribution is -0.137. The van der Waals surface area contributed by atoms with Gasteiger partial charge in [-0.25, -0.2) is 0 Å². The van der Waals surface area contributed by atoms with Crippen molar-refractivity contribution in [3.8, 4) is 17.2 Å². The van der Waals surface area contributed by atoms with Crippen molar-refractivity contribution in [2.75, 3.05) is 0 Å². The summed E-state index contributed by atoms with van der Waals surface area (Å²) in [6.07, 6.45) is -3.62. The lowest BCUT2D eigenvalue weighted by atomic mass is 10.0. The predicted octanol–water partition coefficient (Wildman–Crippen LogP) is 3.73. The maximum Gasteiger partial charge on any atom is 0.416 e. The number of allylic oxidation sites excluding steroid dienone is 1. The van der Waals surface area contributed by atoms with Crippen LogP contribution < -0.4 is 4.74 Å². The molecular weight excluding hydrogens is 313 g/mol. The zero-order valence-electron chi connectivity index (χ0n) is 11.4. The van der Waals surface area contributed by atoms with Gasteiger partial charge in [0.15, 0.2) is 17.3 Å². The average molecular weight is 322 g/mol. The van der Waals surface area contributed by atoms with Crippen LogP contribution in [0.3, 0.4) is 0 Å². The summed E-state index contributed by atoms with van der Waals surface area (Å²) < 4.78 is 44.1. The lowest BCUT2D eigenvalue weighted by Gasteiger charge is -2.10. The van der Waals surface area contributed by atoms with Gasteiger partial charge in [0.1, 0.15) is 0 Å². The molecule has 0 saturated heterocycles. The second kappa shape index (κ2) is 5.05. The first-order valence-electron chi connectivity index (χ1n) is 6.44. The van der Waals surface area contributed by atoms with E-state index in [1.165, 1.54) is 24.3 Å². The third-order valence-corrected chi connectivity index (χ3v) is 3.34. The summed E-state index contributed by atoms with van der Waals surface area (Å²) in [5, 5.41) is 19.1. The molecule has 0 fully saturated rings. The largest absolute Gasteiger partial charge is 0.504 e. The fourth-order valence-electron chi connectivity index (χ4n) is 2.25. The van der Waals surface area contributed by atoms with Crippen LogP contribution in [0.25, 0.3) is 6.08 Å². The van der Waals surface area contributed by atoms with Gasteiger partial charge in [0, 0.05) is 0 Å². The van der Waals surface area contributed by atoms with Crippen molar-refractivity contribution >= 4 is 11.9 Å². The Morgan fingerprint density at radius 2 is 1.74 bits per heavy atom. The molecule has 1 heterocycles. The van der Waals surface area contributed by atoms with Crippen molar-refractivity contribution in [2.24, 2.45) is 0 Å². The molecule has 0 unspecified atom stereocenters. The molecule has 0 aliphatic carbocycles. The summed E-state index contributed by atoms with van der Waals surface area (Å²) in [7, 11) is 0. The number of aromatic hydroxyl groups is 2. The van der Waals surface area contributed by atoms with Gasteiger partial charge in [-0.3, -0.25) is 4.79 Å². The average Bonchev–Trinajstić information content (AvgIpc) is 2.80. The van der Waals surface area contributed by atoms with Crippen molar-refractivity contribution in [2.45, 2.75) is 6.18 Å². The Morgan fingerprint density at radius 1 is 1.04 bits per heavy atom. The highest BCUT2D eigenvalue weighted by molar-refractivity contribution is 6.15. The molecule has 2 N–H and O–H groups in total. The number of phenols is 2. The van der Waals surface area contributed by atoms with Gasteiger partial charge in [-0.05, 0) is 29.8 Å². The minimum Gasteiger partial charge on any atom is -0.504 e. The van der Waals surface area contributed by atoms with Crippen molar-refractivity contribution in [1.29, 1.82) is 0 Å². The number of phenolic OH excluding ortho intramolecular Hbond substituents is 2. The van der Waals surface area contributed by atoms with Crippen LogP contribution in [0.15, 0.2) is 42.2 Å². The van der Waals surface area contributed by atoms with Crippen molar-refractivity contribution in [3.63, 3.8) is 0 Å². The number of carbonyl (C=O) groups is 1. The highest BCUT2D eigenvalue weighted by Crippen LogP contribution is 2.44. The Kier molecular flexibility index (Phi) is 3.28. The number of hydrogen-bond donors (Lipinski definition) is 2. The highest BCUT2D eigenvalue weighted by atomic mass is 19.4. The summed E-state index contributed by atoms with van der Waals surface area (Å²) in [6.45, 7) is 0. The normalized spacial score (nSPS) is 15.6. The molecule has 0 bridgehead atoms. The lowest BCUT2D eigenvalue weighted by Crippen LogP contribution is -2.08. The van der Waals surface area contributed by atoms with Gasteiger partial charge in [0.05, 0.1) is 11.1 Å². The monoisotopic (exact) mass is 322 g/mol. The molecule has 2 aromatic carbocycles. The number of Topliss-reactive ketones (excluding diaryl/α,β-unsaturated/α-hetero) is 1. The van der Waals surface area contributed by atoms with Gasteiger partial charge in [-0.2, -0.15) is 13.2 Å². The van der Waals surface area contributed by atoms with Gasteiger partial charge >= 0.3 is 6.18 Å². The molecule has 0 radical (unpaired) electrons. The van der Waals surface area contributed by atoms with E-state index >= 15 is 0 Å². The Bertz CT molecular complexity index is 838. The van der Waals surface area contributed by atoms with Gasteiger partial charge in [-0.15, -0.1) is 0 Å². The summed E-state index contributed by atoms with van der Waals surface area (Å²) in [5.41, 5.74) is -1.18. The van der Waals surface area contributed by atoms with E-state index in [0.29, 0.717) is 0 Å². The maximum absolute atomic E-state index is 13.0. The number of carbonyl (C=O) groups excluding carboxylic acids is 1. The third kappa shape index (κ3) is 2.50. The summed E-state index contributed by atoms with van der Waals surface area (Å²) in [5.74, 6) is -2.44. The van der Waals surface area contributed by atoms with Crippen LogP contribution in [0.5, 0.6) is 17.2 Å². The fraction of sp³-hybridized carbons (Fsp3) is 0.0625. The topological polar surface area (TPSA) is 66.8 Å². The first kappa shape index (κ1) is 15.0. The summed E-state index contributed by atoms with van der Waals surface area (Å²) in [6, 6.07) is 7.05. The van der Waals surface area contributed by atoms with Crippen LogP contribution >= 0.6 is 0 Å². The van der Waals surface area contributed by atoms with Crippen LogP contribution in [0.4, 0.5) is 13.2 Å². The molecular formula is C16H9F3O4. The Morgan fingerprint density at radius 3 is 2.43 bits per heavy atom. The van der Waals surface area contributed by atoms with Gasteiger partial charge in [0.25, 0.3) is 0 Å². The number of ketones is 1. The standard InChI is InChI=1S/C16H9F3O4/c17-16(18,19)10-4-2-1-3-8(10)7-12-13(21)9-5-6-11(20)14(22)15(9)23-12/h1-7,20,22H/b12-7+. The molecule has 2 aromatic rings. The Balaban J connectivity index is 2.07. The minimum absolute atomic E-state index is 0.0314. The number of benzene rings is 2. The van der Waals surface area contributed by atoms with Crippen LogP contribution in [0.1, 0.15) is 21.5 Å². The van der Waals surface area contributed by atoms with Crippen LogP contribution in [0.2, 0.25) is 0 Å². The summed E-state index contributed by atoms with van der Waals surface area (Å²) >= 11 is 0. The molecule has 0 atom stereocenters. The molecule has 7 heteroatoms. The van der Waals surface area contributed by atoms with E-state index in [0.717, 1.165) is 18.2 Å². The highest BCUT2D eigenvalue weighted by Gasteiger charge is 2.35. The Hall–Kier alpha value is -2.96. The number of alkyl halides is 3. The molecule has 3 rings (SSSR count). The molecule has 0 saturated carbocycles. The van der Waals surface area contributed by atoms with E-state index in [-0.39, 0.29) is 22.6 Å². The number of halogens is 3. The molecule has 118 valence electrons. The maximum atomic E-state index is 13.0. The first-order valence-corrected chi connectivity index (χ1v) is 6.44. The van der Waals surface area contributed by atoms with Gasteiger partial charge in [-0.1, -0.05) is 18.2 Å². The molecule has 0 amide bonds. The zero-order chi connectivity index (χ0) is 16.8. The smallest absolute Gasteiger partial charge is 0.416 e. The van der Waals surface area contributed by atoms with Crippen molar-refractivity contribution in [3.05, 3.63) is 58.8 Å². The third-order valence-electron chi connectivity index (χ3n) is 3.34.